The Labute approximate surface area is 85.8 Å². The molecule has 0 aromatic rings. The van der Waals surface area contributed by atoms with E-state index in [4.69, 9.17) is 0 Å². The first-order valence-electron chi connectivity index (χ1n) is 4.43. The first-order chi connectivity index (χ1) is 5.12. The minimum absolute atomic E-state index is 0. The number of hydrogen-bond acceptors (Lipinski definition) is 1. The second-order valence-corrected chi connectivity index (χ2v) is 5.59. The summed E-state index contributed by atoms with van der Waals surface area (Å²) in [4.78, 5) is 9.33. The van der Waals surface area contributed by atoms with Gasteiger partial charge in [0.2, 0.25) is 7.37 Å². The molecule has 0 rings (SSSR count). The second-order valence-electron chi connectivity index (χ2n) is 3.00. The van der Waals surface area contributed by atoms with E-state index in [-0.39, 0.29) is 16.8 Å². The maximum atomic E-state index is 11.3. The predicted octanol–water partition coefficient (Wildman–Crippen LogP) is 2.85. The molecule has 0 aliphatic carbocycles. The average Bonchev–Trinajstić information content (AvgIpc) is 1.97. The van der Waals surface area contributed by atoms with E-state index in [1.54, 1.807) is 0 Å². The molecule has 77 valence electrons. The molecular formula is C8H19CoO2P. The van der Waals surface area contributed by atoms with Crippen LogP contribution >= 0.6 is 7.37 Å². The average molecular weight is 237 g/mol. The predicted molar refractivity (Wildman–Crippen MR) is 49.4 cm³/mol. The van der Waals surface area contributed by atoms with Crippen molar-refractivity contribution < 1.29 is 26.2 Å². The van der Waals surface area contributed by atoms with Gasteiger partial charge in [0.25, 0.3) is 0 Å². The first-order valence-corrected chi connectivity index (χ1v) is 6.46. The van der Waals surface area contributed by atoms with Crippen molar-refractivity contribution in [2.45, 2.75) is 39.5 Å². The fourth-order valence-electron chi connectivity index (χ4n) is 0.922. The van der Waals surface area contributed by atoms with E-state index >= 15 is 0 Å². The van der Waals surface area contributed by atoms with Crippen molar-refractivity contribution in [1.29, 1.82) is 0 Å². The summed E-state index contributed by atoms with van der Waals surface area (Å²) in [6, 6.07) is 0. The van der Waals surface area contributed by atoms with E-state index in [2.05, 4.69) is 0 Å². The van der Waals surface area contributed by atoms with Gasteiger partial charge in [0, 0.05) is 29.1 Å². The largest absolute Gasteiger partial charge is 0.344 e. The molecule has 0 spiro atoms. The molecule has 0 aromatic carbocycles. The van der Waals surface area contributed by atoms with Crippen LogP contribution in [-0.4, -0.2) is 17.2 Å². The molecular weight excluding hydrogens is 218 g/mol. The normalized spacial score (nSPS) is 10.9. The molecule has 1 radical (unpaired) electrons. The Morgan fingerprint density at radius 1 is 1.08 bits per heavy atom. The molecule has 1 N–H and O–H groups in total. The first kappa shape index (κ1) is 15.2. The summed E-state index contributed by atoms with van der Waals surface area (Å²) >= 11 is 0. The summed E-state index contributed by atoms with van der Waals surface area (Å²) < 4.78 is 11.3. The van der Waals surface area contributed by atoms with Crippen LogP contribution in [0.4, 0.5) is 0 Å². The molecule has 0 unspecified atom stereocenters. The van der Waals surface area contributed by atoms with Gasteiger partial charge in [0.15, 0.2) is 0 Å². The van der Waals surface area contributed by atoms with Gasteiger partial charge >= 0.3 is 0 Å². The molecule has 0 aromatic heterocycles. The Morgan fingerprint density at radius 2 is 1.42 bits per heavy atom. The van der Waals surface area contributed by atoms with Crippen LogP contribution < -0.4 is 0 Å². The van der Waals surface area contributed by atoms with Gasteiger partial charge in [0.1, 0.15) is 0 Å². The van der Waals surface area contributed by atoms with Crippen molar-refractivity contribution in [2.75, 3.05) is 12.3 Å². The van der Waals surface area contributed by atoms with Gasteiger partial charge in [-0.1, -0.05) is 26.7 Å². The summed E-state index contributed by atoms with van der Waals surface area (Å²) in [6.45, 7) is 4.08. The summed E-state index contributed by atoms with van der Waals surface area (Å²) in [5.41, 5.74) is 0. The fourth-order valence-corrected chi connectivity index (χ4v) is 2.77. The zero-order valence-corrected chi connectivity index (χ0v) is 9.81. The third-order valence-electron chi connectivity index (χ3n) is 1.72. The number of hydrogen-bond donors (Lipinski definition) is 1. The maximum absolute atomic E-state index is 11.3. The van der Waals surface area contributed by atoms with Crippen molar-refractivity contribution in [3.8, 4) is 0 Å². The van der Waals surface area contributed by atoms with Gasteiger partial charge < -0.3 is 4.89 Å². The van der Waals surface area contributed by atoms with Crippen LogP contribution in [0.25, 0.3) is 0 Å². The standard InChI is InChI=1S/C8H19O2P.Co/c1-3-5-7-11(9,10)8-6-4-2;/h3-8H2,1-2H3,(H,9,10);. The summed E-state index contributed by atoms with van der Waals surface area (Å²) in [5, 5.41) is 0. The molecule has 2 nitrogen and oxygen atoms in total. The number of rotatable bonds is 6. The molecule has 12 heavy (non-hydrogen) atoms. The maximum Gasteiger partial charge on any atom is 0.200 e. The van der Waals surface area contributed by atoms with Gasteiger partial charge in [-0.3, -0.25) is 4.57 Å². The van der Waals surface area contributed by atoms with Crippen LogP contribution in [0.1, 0.15) is 39.5 Å². The van der Waals surface area contributed by atoms with E-state index in [1.165, 1.54) is 0 Å². The zero-order valence-electron chi connectivity index (χ0n) is 7.88. The van der Waals surface area contributed by atoms with Gasteiger partial charge in [-0.05, 0) is 12.8 Å². The van der Waals surface area contributed by atoms with Crippen molar-refractivity contribution in [2.24, 2.45) is 0 Å². The number of unbranched alkanes of at least 4 members (excludes halogenated alkanes) is 2. The zero-order chi connectivity index (χ0) is 8.74. The molecule has 0 fully saturated rings. The van der Waals surface area contributed by atoms with Crippen LogP contribution in [0.5, 0.6) is 0 Å². The van der Waals surface area contributed by atoms with Crippen LogP contribution in [0.15, 0.2) is 0 Å². The van der Waals surface area contributed by atoms with Crippen LogP contribution in [0, 0.1) is 0 Å². The molecule has 0 heterocycles. The second kappa shape index (κ2) is 8.30. The third kappa shape index (κ3) is 8.79. The van der Waals surface area contributed by atoms with Crippen LogP contribution in [0.2, 0.25) is 0 Å². The monoisotopic (exact) mass is 237 g/mol. The SMILES string of the molecule is CCCCP(=O)(O)CCCC.[Co]. The van der Waals surface area contributed by atoms with Crippen molar-refractivity contribution in [3.05, 3.63) is 0 Å². The Balaban J connectivity index is 0. The summed E-state index contributed by atoms with van der Waals surface area (Å²) in [6.07, 6.45) is 4.83. The molecule has 0 saturated heterocycles. The van der Waals surface area contributed by atoms with Gasteiger partial charge in [-0.2, -0.15) is 0 Å². The Hall–Kier alpha value is 0.696. The van der Waals surface area contributed by atoms with Crippen molar-refractivity contribution in [1.82, 2.24) is 0 Å². The molecule has 0 bridgehead atoms. The Morgan fingerprint density at radius 3 is 1.67 bits per heavy atom. The van der Waals surface area contributed by atoms with Crippen molar-refractivity contribution in [3.63, 3.8) is 0 Å². The van der Waals surface area contributed by atoms with E-state index in [0.717, 1.165) is 25.7 Å². The molecule has 0 aliphatic rings. The summed E-state index contributed by atoms with van der Waals surface area (Å²) in [5.74, 6) is 0. The van der Waals surface area contributed by atoms with E-state index in [0.29, 0.717) is 12.3 Å². The molecule has 0 aliphatic heterocycles. The van der Waals surface area contributed by atoms with Gasteiger partial charge in [-0.25, -0.2) is 0 Å². The van der Waals surface area contributed by atoms with Crippen molar-refractivity contribution >= 4 is 7.37 Å². The Kier molecular flexibility index (Phi) is 10.5. The third-order valence-corrected chi connectivity index (χ3v) is 3.75. The molecule has 4 heteroatoms. The van der Waals surface area contributed by atoms with E-state index < -0.39 is 7.37 Å². The minimum atomic E-state index is -2.73. The van der Waals surface area contributed by atoms with E-state index in [9.17, 15) is 9.46 Å². The van der Waals surface area contributed by atoms with Crippen LogP contribution in [0.3, 0.4) is 0 Å². The fraction of sp³-hybridized carbons (Fsp3) is 1.00. The quantitative estimate of drug-likeness (QED) is 0.721. The summed E-state index contributed by atoms with van der Waals surface area (Å²) in [7, 11) is -2.73. The molecule has 0 amide bonds. The Bertz CT molecular complexity index is 127. The van der Waals surface area contributed by atoms with E-state index in [1.807, 2.05) is 13.8 Å². The van der Waals surface area contributed by atoms with Gasteiger partial charge in [-0.15, -0.1) is 0 Å². The molecule has 0 saturated carbocycles. The topological polar surface area (TPSA) is 37.3 Å². The molecule has 0 atom stereocenters. The minimum Gasteiger partial charge on any atom is -0.344 e. The van der Waals surface area contributed by atoms with Gasteiger partial charge in [0.05, 0.1) is 0 Å². The van der Waals surface area contributed by atoms with Crippen LogP contribution in [-0.2, 0) is 21.3 Å². The smallest absolute Gasteiger partial charge is 0.200 e.